The molecule has 0 aliphatic rings. The van der Waals surface area contributed by atoms with Crippen LogP contribution in [0, 0.1) is 0 Å². The minimum Gasteiger partial charge on any atom is -0.456 e. The Bertz CT molecular complexity index is 2850. The van der Waals surface area contributed by atoms with E-state index in [9.17, 15) is 0 Å². The van der Waals surface area contributed by atoms with E-state index in [2.05, 4.69) is 109 Å². The number of fused-ring (bicyclic) bond motifs is 7. The van der Waals surface area contributed by atoms with Crippen molar-refractivity contribution in [2.45, 2.75) is 0 Å². The van der Waals surface area contributed by atoms with Gasteiger partial charge in [0.05, 0.1) is 0 Å². The normalized spacial score (nSPS) is 11.8. The predicted octanol–water partition coefficient (Wildman–Crippen LogP) is 12.0. The van der Waals surface area contributed by atoms with Crippen LogP contribution in [0.1, 0.15) is 0 Å². The van der Waals surface area contributed by atoms with Crippen molar-refractivity contribution in [3.8, 4) is 45.3 Å². The summed E-state index contributed by atoms with van der Waals surface area (Å²) in [6.45, 7) is 0. The SMILES string of the molecule is c1ccc(-c2nc(-c3cccc4c3sc3ccccc34)nc(-c3cccc4oc5ccc(-c6ccc7ccccc7c6)cc5c34)n2)cc1. The van der Waals surface area contributed by atoms with Gasteiger partial charge in [-0.25, -0.2) is 15.0 Å². The molecule has 224 valence electrons. The van der Waals surface area contributed by atoms with Gasteiger partial charge in [0.1, 0.15) is 11.2 Å². The van der Waals surface area contributed by atoms with E-state index in [0.29, 0.717) is 17.5 Å². The zero-order valence-electron chi connectivity index (χ0n) is 25.6. The van der Waals surface area contributed by atoms with E-state index in [1.807, 2.05) is 42.5 Å². The van der Waals surface area contributed by atoms with Gasteiger partial charge in [-0.05, 0) is 58.3 Å². The molecule has 0 amide bonds. The molecule has 0 unspecified atom stereocenters. The molecule has 0 aliphatic carbocycles. The quantitative estimate of drug-likeness (QED) is 0.194. The van der Waals surface area contributed by atoms with Crippen LogP contribution in [0.4, 0.5) is 0 Å². The Balaban J connectivity index is 1.21. The van der Waals surface area contributed by atoms with Gasteiger partial charge in [0.25, 0.3) is 0 Å². The van der Waals surface area contributed by atoms with Crippen molar-refractivity contribution >= 4 is 64.2 Å². The number of hydrogen-bond donors (Lipinski definition) is 0. The number of benzene rings is 7. The van der Waals surface area contributed by atoms with E-state index in [1.54, 1.807) is 11.3 Å². The fraction of sp³-hybridized carbons (Fsp3) is 0. The van der Waals surface area contributed by atoms with E-state index in [1.165, 1.54) is 30.9 Å². The van der Waals surface area contributed by atoms with Crippen LogP contribution in [0.2, 0.25) is 0 Å². The molecular formula is C43H25N3OS. The molecule has 3 heterocycles. The Kier molecular flexibility index (Phi) is 6.01. The average Bonchev–Trinajstić information content (AvgIpc) is 3.73. The second kappa shape index (κ2) is 10.7. The molecule has 0 radical (unpaired) electrons. The fourth-order valence-corrected chi connectivity index (χ4v) is 8.03. The van der Waals surface area contributed by atoms with Gasteiger partial charge in [-0.15, -0.1) is 11.3 Å². The van der Waals surface area contributed by atoms with Gasteiger partial charge < -0.3 is 4.42 Å². The third-order valence-corrected chi connectivity index (χ3v) is 10.4. The van der Waals surface area contributed by atoms with Gasteiger partial charge in [0.15, 0.2) is 17.5 Å². The number of nitrogens with zero attached hydrogens (tertiary/aromatic N) is 3. The van der Waals surface area contributed by atoms with Crippen LogP contribution >= 0.6 is 11.3 Å². The van der Waals surface area contributed by atoms with E-state index in [0.717, 1.165) is 49.8 Å². The van der Waals surface area contributed by atoms with Crippen molar-refractivity contribution in [3.05, 3.63) is 152 Å². The molecule has 0 atom stereocenters. The van der Waals surface area contributed by atoms with Gasteiger partial charge in [-0.1, -0.05) is 115 Å². The Morgan fingerprint density at radius 2 is 1.10 bits per heavy atom. The summed E-state index contributed by atoms with van der Waals surface area (Å²) in [7, 11) is 0. The molecule has 0 saturated heterocycles. The van der Waals surface area contributed by atoms with E-state index in [4.69, 9.17) is 19.4 Å². The van der Waals surface area contributed by atoms with Crippen LogP contribution in [0.3, 0.4) is 0 Å². The standard InChI is InChI=1S/C43H25N3OS/c1-2-11-27(12-3-1)41-44-42(46-43(45-41)34-17-8-15-32-31-14-6-7-19-38(31)48-40(32)34)33-16-9-18-37-39(33)35-25-30(22-23-36(35)47-37)29-21-20-26-10-4-5-13-28(26)24-29/h1-25H. The highest BCUT2D eigenvalue weighted by molar-refractivity contribution is 7.26. The topological polar surface area (TPSA) is 51.8 Å². The van der Waals surface area contributed by atoms with Crippen LogP contribution in [0.5, 0.6) is 0 Å². The first-order valence-corrected chi connectivity index (χ1v) is 16.8. The molecule has 0 saturated carbocycles. The Labute approximate surface area is 279 Å². The van der Waals surface area contributed by atoms with Crippen molar-refractivity contribution in [1.82, 2.24) is 15.0 Å². The van der Waals surface area contributed by atoms with Crippen LogP contribution in [0.15, 0.2) is 156 Å². The maximum Gasteiger partial charge on any atom is 0.165 e. The Morgan fingerprint density at radius 1 is 0.417 bits per heavy atom. The van der Waals surface area contributed by atoms with Crippen molar-refractivity contribution in [1.29, 1.82) is 0 Å². The summed E-state index contributed by atoms with van der Waals surface area (Å²) in [4.78, 5) is 15.4. The second-order valence-electron chi connectivity index (χ2n) is 12.0. The smallest absolute Gasteiger partial charge is 0.165 e. The fourth-order valence-electron chi connectivity index (χ4n) is 6.82. The summed E-state index contributed by atoms with van der Waals surface area (Å²) in [6.07, 6.45) is 0. The summed E-state index contributed by atoms with van der Waals surface area (Å²) in [5, 5.41) is 6.92. The Morgan fingerprint density at radius 3 is 2.02 bits per heavy atom. The molecule has 4 nitrogen and oxygen atoms in total. The van der Waals surface area contributed by atoms with E-state index >= 15 is 0 Å². The van der Waals surface area contributed by atoms with Crippen LogP contribution in [-0.2, 0) is 0 Å². The average molecular weight is 632 g/mol. The molecule has 7 aromatic carbocycles. The molecule has 0 aliphatic heterocycles. The molecule has 0 bridgehead atoms. The molecule has 5 heteroatoms. The lowest BCUT2D eigenvalue weighted by Gasteiger charge is -2.10. The second-order valence-corrected chi connectivity index (χ2v) is 13.1. The number of aromatic nitrogens is 3. The zero-order valence-corrected chi connectivity index (χ0v) is 26.4. The lowest BCUT2D eigenvalue weighted by atomic mass is 9.98. The molecule has 0 spiro atoms. The predicted molar refractivity (Wildman–Crippen MR) is 199 cm³/mol. The van der Waals surface area contributed by atoms with Gasteiger partial charge in [-0.3, -0.25) is 0 Å². The van der Waals surface area contributed by atoms with Gasteiger partial charge >= 0.3 is 0 Å². The molecule has 0 fully saturated rings. The highest BCUT2D eigenvalue weighted by Gasteiger charge is 2.20. The molecule has 48 heavy (non-hydrogen) atoms. The number of furan rings is 1. The summed E-state index contributed by atoms with van der Waals surface area (Å²) < 4.78 is 8.84. The first-order valence-electron chi connectivity index (χ1n) is 15.9. The third kappa shape index (κ3) is 4.33. The summed E-state index contributed by atoms with van der Waals surface area (Å²) >= 11 is 1.78. The first-order chi connectivity index (χ1) is 23.8. The molecule has 10 rings (SSSR count). The lowest BCUT2D eigenvalue weighted by molar-refractivity contribution is 0.669. The van der Waals surface area contributed by atoms with Crippen LogP contribution in [-0.4, -0.2) is 15.0 Å². The van der Waals surface area contributed by atoms with Crippen molar-refractivity contribution < 1.29 is 4.42 Å². The van der Waals surface area contributed by atoms with E-state index in [-0.39, 0.29) is 0 Å². The first kappa shape index (κ1) is 27.0. The highest BCUT2D eigenvalue weighted by Crippen LogP contribution is 2.41. The van der Waals surface area contributed by atoms with E-state index < -0.39 is 0 Å². The number of rotatable bonds is 4. The maximum absolute atomic E-state index is 6.43. The molecule has 0 N–H and O–H groups in total. The zero-order chi connectivity index (χ0) is 31.6. The third-order valence-electron chi connectivity index (χ3n) is 9.13. The van der Waals surface area contributed by atoms with Gasteiger partial charge in [0, 0.05) is 47.6 Å². The minimum absolute atomic E-state index is 0.612. The van der Waals surface area contributed by atoms with Crippen molar-refractivity contribution in [2.75, 3.05) is 0 Å². The van der Waals surface area contributed by atoms with Gasteiger partial charge in [-0.2, -0.15) is 0 Å². The lowest BCUT2D eigenvalue weighted by Crippen LogP contribution is -2.00. The van der Waals surface area contributed by atoms with Crippen molar-refractivity contribution in [2.24, 2.45) is 0 Å². The van der Waals surface area contributed by atoms with Crippen LogP contribution < -0.4 is 0 Å². The van der Waals surface area contributed by atoms with Crippen molar-refractivity contribution in [3.63, 3.8) is 0 Å². The van der Waals surface area contributed by atoms with Crippen LogP contribution in [0.25, 0.3) is 98.2 Å². The summed E-state index contributed by atoms with van der Waals surface area (Å²) in [5.74, 6) is 1.90. The van der Waals surface area contributed by atoms with Gasteiger partial charge in [0.2, 0.25) is 0 Å². The Hall–Kier alpha value is -6.17. The number of thiophene rings is 1. The highest BCUT2D eigenvalue weighted by atomic mass is 32.1. The molecule has 3 aromatic heterocycles. The maximum atomic E-state index is 6.43. The molecular weight excluding hydrogens is 607 g/mol. The molecule has 10 aromatic rings. The largest absolute Gasteiger partial charge is 0.456 e. The minimum atomic E-state index is 0.612. The summed E-state index contributed by atoms with van der Waals surface area (Å²) in [6, 6.07) is 52.7. The monoisotopic (exact) mass is 631 g/mol. The number of hydrogen-bond acceptors (Lipinski definition) is 5. The summed E-state index contributed by atoms with van der Waals surface area (Å²) in [5.41, 5.74) is 6.76.